The fourth-order valence-corrected chi connectivity index (χ4v) is 6.60. The maximum atomic E-state index is 12.0. The third-order valence-corrected chi connectivity index (χ3v) is 11.4. The third kappa shape index (κ3) is 29.0. The molecule has 0 fully saturated rings. The smallest absolute Gasteiger partial charge is 0.227 e. The molecule has 5 heterocycles. The van der Waals surface area contributed by atoms with Gasteiger partial charge in [0.1, 0.15) is 5.78 Å². The molecule has 0 bridgehead atoms. The van der Waals surface area contributed by atoms with Crippen LogP contribution in [0.25, 0.3) is 0 Å². The summed E-state index contributed by atoms with van der Waals surface area (Å²) >= 11 is 0. The van der Waals surface area contributed by atoms with E-state index in [1.807, 2.05) is 144 Å². The predicted molar refractivity (Wildman–Crippen MR) is 320 cm³/mol. The number of carbonyl (C=O) groups is 5. The van der Waals surface area contributed by atoms with E-state index in [4.69, 9.17) is 14.2 Å². The van der Waals surface area contributed by atoms with Gasteiger partial charge >= 0.3 is 0 Å². The highest BCUT2D eigenvalue weighted by atomic mass is 16.5. The number of Topliss-reactive ketones (excluding diaryl/α,β-unsaturated/α-hetero) is 4. The maximum Gasteiger partial charge on any atom is 0.227 e. The zero-order valence-corrected chi connectivity index (χ0v) is 52.8. The molecule has 0 saturated carbocycles. The van der Waals surface area contributed by atoms with Crippen molar-refractivity contribution in [1.82, 2.24) is 29.8 Å². The Morgan fingerprint density at radius 3 is 1.29 bits per heavy atom. The van der Waals surface area contributed by atoms with E-state index in [9.17, 15) is 29.1 Å². The Hall–Kier alpha value is -6.58. The summed E-state index contributed by atoms with van der Waals surface area (Å²) in [6.45, 7) is 40.6. The summed E-state index contributed by atoms with van der Waals surface area (Å²) < 4.78 is 15.1. The van der Waals surface area contributed by atoms with Gasteiger partial charge in [-0.1, -0.05) is 149 Å². The minimum atomic E-state index is -1.11. The number of nitrogens with zero attached hydrogens (tertiary/aromatic N) is 6. The first-order valence-electron chi connectivity index (χ1n) is 27.2. The molecule has 0 aliphatic carbocycles. The SMILES string of the molecule is CC(C)(C)C(=O)Cc1ccccn1.CC(C)(C)C(=O)[C@H](O)c1ccccn1.CCN(CC)C(=O)C(C)(C)C.CO[C@@H](C(=O)C(C)(C)C)c1ccccn1.COc1ccc(C(=O)C(C)(C)C)cn1.COc1ccc(CC(C)(C)C)cn1. The number of methoxy groups -OCH3 is 3. The van der Waals surface area contributed by atoms with Gasteiger partial charge in [-0.15, -0.1) is 0 Å². The summed E-state index contributed by atoms with van der Waals surface area (Å²) in [5.41, 5.74) is 2.30. The Morgan fingerprint density at radius 2 is 0.975 bits per heavy atom. The molecule has 0 saturated heterocycles. The van der Waals surface area contributed by atoms with Crippen molar-refractivity contribution in [1.29, 1.82) is 0 Å². The normalized spacial score (nSPS) is 12.2. The molecule has 0 unspecified atom stereocenters. The Labute approximate surface area is 480 Å². The summed E-state index contributed by atoms with van der Waals surface area (Å²) in [5.74, 6) is 1.59. The number of carbonyl (C=O) groups excluding carboxylic acids is 5. The van der Waals surface area contributed by atoms with Crippen LogP contribution in [-0.2, 0) is 36.8 Å². The maximum absolute atomic E-state index is 12.0. The van der Waals surface area contributed by atoms with Crippen molar-refractivity contribution < 1.29 is 43.3 Å². The molecule has 0 spiro atoms. The largest absolute Gasteiger partial charge is 0.481 e. The lowest BCUT2D eigenvalue weighted by atomic mass is 9.86. The first-order valence-corrected chi connectivity index (χ1v) is 27.2. The molecule has 1 amide bonds. The van der Waals surface area contributed by atoms with E-state index in [2.05, 4.69) is 51.8 Å². The third-order valence-electron chi connectivity index (χ3n) is 11.4. The van der Waals surface area contributed by atoms with Crippen molar-refractivity contribution >= 4 is 29.0 Å². The Morgan fingerprint density at radius 1 is 0.512 bits per heavy atom. The number of aliphatic hydroxyl groups excluding tert-OH is 1. The van der Waals surface area contributed by atoms with E-state index in [1.54, 1.807) is 96.2 Å². The summed E-state index contributed by atoms with van der Waals surface area (Å²) in [4.78, 5) is 80.8. The lowest BCUT2D eigenvalue weighted by Crippen LogP contribution is -2.39. The van der Waals surface area contributed by atoms with Crippen LogP contribution >= 0.6 is 0 Å². The molecule has 5 rings (SSSR count). The second-order valence-corrected chi connectivity index (χ2v) is 25.3. The van der Waals surface area contributed by atoms with Gasteiger partial charge in [0.2, 0.25) is 17.7 Å². The van der Waals surface area contributed by atoms with E-state index in [-0.39, 0.29) is 45.3 Å². The van der Waals surface area contributed by atoms with Gasteiger partial charge in [-0.25, -0.2) is 9.97 Å². The molecular formula is C65H98N6O9. The van der Waals surface area contributed by atoms with Crippen LogP contribution in [0.1, 0.15) is 184 Å². The lowest BCUT2D eigenvalue weighted by molar-refractivity contribution is -0.139. The van der Waals surface area contributed by atoms with Crippen LogP contribution in [0.15, 0.2) is 110 Å². The van der Waals surface area contributed by atoms with Crippen molar-refractivity contribution in [3.63, 3.8) is 0 Å². The highest BCUT2D eigenvalue weighted by Gasteiger charge is 2.32. The van der Waals surface area contributed by atoms with Crippen LogP contribution in [0.4, 0.5) is 0 Å². The molecule has 15 heteroatoms. The number of ether oxygens (including phenoxy) is 3. The highest BCUT2D eigenvalue weighted by molar-refractivity contribution is 5.99. The van der Waals surface area contributed by atoms with Crippen LogP contribution < -0.4 is 9.47 Å². The molecule has 15 nitrogen and oxygen atoms in total. The van der Waals surface area contributed by atoms with Crippen LogP contribution in [0.3, 0.4) is 0 Å². The molecule has 1 N–H and O–H groups in total. The first-order chi connectivity index (χ1) is 36.8. The van der Waals surface area contributed by atoms with E-state index in [1.165, 1.54) is 12.7 Å². The molecule has 0 aliphatic heterocycles. The number of ketones is 4. The van der Waals surface area contributed by atoms with E-state index in [0.717, 1.165) is 25.2 Å². The summed E-state index contributed by atoms with van der Waals surface area (Å²) in [6, 6.07) is 23.6. The van der Waals surface area contributed by atoms with Gasteiger partial charge < -0.3 is 24.2 Å². The lowest BCUT2D eigenvalue weighted by Gasteiger charge is -2.27. The van der Waals surface area contributed by atoms with Crippen molar-refractivity contribution in [2.45, 2.75) is 164 Å². The van der Waals surface area contributed by atoms with Crippen molar-refractivity contribution in [3.05, 3.63) is 138 Å². The van der Waals surface area contributed by atoms with Gasteiger partial charge in [-0.2, -0.15) is 0 Å². The topological polar surface area (TPSA) is 201 Å². The number of amides is 1. The second-order valence-electron chi connectivity index (χ2n) is 25.3. The monoisotopic (exact) mass is 1110 g/mol. The molecule has 5 aromatic rings. The Kier molecular flexibility index (Phi) is 31.1. The van der Waals surface area contributed by atoms with Gasteiger partial charge in [0, 0.05) is 108 Å². The van der Waals surface area contributed by atoms with Crippen molar-refractivity contribution in [2.75, 3.05) is 34.4 Å². The fourth-order valence-electron chi connectivity index (χ4n) is 6.60. The van der Waals surface area contributed by atoms with Crippen molar-refractivity contribution in [2.24, 2.45) is 32.5 Å². The Bertz CT molecular complexity index is 2560. The number of hydrogen-bond donors (Lipinski definition) is 1. The quantitative estimate of drug-likeness (QED) is 0.109. The summed E-state index contributed by atoms with van der Waals surface area (Å²) in [7, 11) is 4.71. The number of rotatable bonds is 13. The molecule has 442 valence electrons. The van der Waals surface area contributed by atoms with E-state index < -0.39 is 23.0 Å². The molecule has 2 atom stereocenters. The van der Waals surface area contributed by atoms with Crippen LogP contribution in [0.5, 0.6) is 11.8 Å². The van der Waals surface area contributed by atoms with Gasteiger partial charge in [0.05, 0.1) is 25.6 Å². The number of aromatic nitrogens is 5. The number of hydrogen-bond acceptors (Lipinski definition) is 14. The zero-order chi connectivity index (χ0) is 61.9. The van der Waals surface area contributed by atoms with Crippen LogP contribution in [0.2, 0.25) is 0 Å². The van der Waals surface area contributed by atoms with Gasteiger partial charge in [0.15, 0.2) is 29.6 Å². The average Bonchev–Trinajstić information content (AvgIpc) is 3.39. The first kappa shape index (κ1) is 73.4. The fraction of sp³-hybridized carbons (Fsp3) is 0.538. The van der Waals surface area contributed by atoms with E-state index in [0.29, 0.717) is 40.5 Å². The zero-order valence-electron chi connectivity index (χ0n) is 52.8. The summed E-state index contributed by atoms with van der Waals surface area (Å²) in [5, 5.41) is 9.71. The van der Waals surface area contributed by atoms with Gasteiger partial charge in [-0.05, 0) is 73.7 Å². The molecule has 0 radical (unpaired) electrons. The number of pyridine rings is 5. The van der Waals surface area contributed by atoms with Crippen molar-refractivity contribution in [3.8, 4) is 11.8 Å². The molecule has 5 aromatic heterocycles. The average molecular weight is 1110 g/mol. The summed E-state index contributed by atoms with van der Waals surface area (Å²) in [6.07, 6.45) is 8.17. The van der Waals surface area contributed by atoms with Crippen LogP contribution in [0, 0.1) is 32.5 Å². The molecular weight excluding hydrogens is 1010 g/mol. The second kappa shape index (κ2) is 33.9. The standard InChI is InChI=1S/C12H17NO2.2C11H15NO2.C11H17NO.C11H15NO.C9H19NO/c1-12(2,3)11(14)10(15-4)9-7-5-6-8-13-9;1-11(2,3)10(13)8-5-6-9(14-4)12-7-8;1-11(2,3)10(14)9(13)8-6-4-5-7-12-8;1-11(2,3)7-9-5-6-10(13-4)12-8-9;1-11(2,3)10(13)8-9-6-4-5-7-12-9;1-6-10(7-2)8(11)9(3,4)5/h5-8,10H,1-4H3;5-7H,1-4H3;4-7,9,13H,1-3H3;5-6,8H,7H2,1-4H3;4-7H,8H2,1-3H3;6-7H2,1-5H3/t10-;;9-;;;/m1.1.../s1. The minimum Gasteiger partial charge on any atom is -0.481 e. The predicted octanol–water partition coefficient (Wildman–Crippen LogP) is 13.3. The van der Waals surface area contributed by atoms with Crippen LogP contribution in [-0.4, -0.2) is 98.4 Å². The minimum absolute atomic E-state index is 0.0451. The molecule has 80 heavy (non-hydrogen) atoms. The highest BCUT2D eigenvalue weighted by Crippen LogP contribution is 2.28. The van der Waals surface area contributed by atoms with Gasteiger partial charge in [-0.3, -0.25) is 38.9 Å². The number of aliphatic hydroxyl groups is 1. The molecule has 0 aromatic carbocycles. The Balaban J connectivity index is 0.000000939. The molecule has 0 aliphatic rings. The van der Waals surface area contributed by atoms with E-state index >= 15 is 0 Å². The van der Waals surface area contributed by atoms with Gasteiger partial charge in [0.25, 0.3) is 0 Å².